The van der Waals surface area contributed by atoms with Crippen molar-refractivity contribution < 1.29 is 9.66 Å². The molecule has 106 valence electrons. The number of anilines is 1. The van der Waals surface area contributed by atoms with Crippen molar-refractivity contribution in [3.05, 3.63) is 33.9 Å². The molecule has 5 heteroatoms. The Hall–Kier alpha value is -1.62. The number of hydrogen-bond donors (Lipinski definition) is 1. The van der Waals surface area contributed by atoms with E-state index >= 15 is 0 Å². The van der Waals surface area contributed by atoms with Gasteiger partial charge in [0, 0.05) is 37.1 Å². The van der Waals surface area contributed by atoms with Crippen molar-refractivity contribution in [1.82, 2.24) is 0 Å². The van der Waals surface area contributed by atoms with Crippen LogP contribution < -0.4 is 5.32 Å². The van der Waals surface area contributed by atoms with Crippen LogP contribution in [-0.2, 0) is 4.74 Å². The fourth-order valence-corrected chi connectivity index (χ4v) is 1.67. The van der Waals surface area contributed by atoms with Gasteiger partial charge in [0.15, 0.2) is 0 Å². The number of nitrogens with one attached hydrogen (secondary N) is 1. The zero-order valence-electron chi connectivity index (χ0n) is 11.6. The second kappa shape index (κ2) is 8.48. The Bertz CT molecular complexity index is 408. The molecule has 0 aliphatic carbocycles. The Morgan fingerprint density at radius 1 is 1.32 bits per heavy atom. The van der Waals surface area contributed by atoms with Crippen molar-refractivity contribution >= 4 is 11.4 Å². The lowest BCUT2D eigenvalue weighted by atomic mass is 10.2. The molecule has 0 heterocycles. The highest BCUT2D eigenvalue weighted by Crippen LogP contribution is 2.22. The van der Waals surface area contributed by atoms with Crippen molar-refractivity contribution in [2.75, 3.05) is 25.1 Å². The minimum absolute atomic E-state index is 0.157. The number of nitro benzene ring substituents is 1. The number of ether oxygens (including phenoxy) is 1. The maximum absolute atomic E-state index is 10.8. The molecular formula is C14H22N2O3. The molecule has 0 aliphatic rings. The number of benzene rings is 1. The molecule has 1 aromatic rings. The van der Waals surface area contributed by atoms with Crippen molar-refractivity contribution in [2.24, 2.45) is 0 Å². The normalized spacial score (nSPS) is 10.4. The van der Waals surface area contributed by atoms with E-state index in [1.54, 1.807) is 19.1 Å². The van der Waals surface area contributed by atoms with Gasteiger partial charge >= 0.3 is 0 Å². The van der Waals surface area contributed by atoms with Crippen molar-refractivity contribution in [3.63, 3.8) is 0 Å². The van der Waals surface area contributed by atoms with Crippen LogP contribution in [0.15, 0.2) is 18.2 Å². The van der Waals surface area contributed by atoms with Crippen LogP contribution in [0.2, 0.25) is 0 Å². The van der Waals surface area contributed by atoms with Gasteiger partial charge in [-0.25, -0.2) is 0 Å². The van der Waals surface area contributed by atoms with Crippen LogP contribution in [0.3, 0.4) is 0 Å². The monoisotopic (exact) mass is 266 g/mol. The van der Waals surface area contributed by atoms with Gasteiger partial charge in [-0.05, 0) is 25.8 Å². The van der Waals surface area contributed by atoms with E-state index in [4.69, 9.17) is 4.74 Å². The highest BCUT2D eigenvalue weighted by molar-refractivity contribution is 5.54. The average molecular weight is 266 g/mol. The Morgan fingerprint density at radius 2 is 2.05 bits per heavy atom. The molecule has 0 spiro atoms. The third kappa shape index (κ3) is 5.70. The van der Waals surface area contributed by atoms with Crippen molar-refractivity contribution in [1.29, 1.82) is 0 Å². The number of rotatable bonds is 9. The van der Waals surface area contributed by atoms with Gasteiger partial charge < -0.3 is 10.1 Å². The molecule has 1 N–H and O–H groups in total. The molecule has 0 saturated heterocycles. The number of nitrogens with zero attached hydrogens (tertiary/aromatic N) is 1. The van der Waals surface area contributed by atoms with Gasteiger partial charge in [-0.1, -0.05) is 19.4 Å². The molecular weight excluding hydrogens is 244 g/mol. The maximum Gasteiger partial charge on any atom is 0.274 e. The minimum Gasteiger partial charge on any atom is -0.385 e. The molecule has 0 bridgehead atoms. The SMILES string of the molecule is CCCCOCCCNc1ccc(C)c([N+](=O)[O-])c1. The molecule has 5 nitrogen and oxygen atoms in total. The minimum atomic E-state index is -0.353. The molecule has 1 rings (SSSR count). The summed E-state index contributed by atoms with van der Waals surface area (Å²) in [5, 5.41) is 14.0. The number of unbranched alkanes of at least 4 members (excludes halogenated alkanes) is 1. The highest BCUT2D eigenvalue weighted by atomic mass is 16.6. The van der Waals surface area contributed by atoms with Gasteiger partial charge in [0.05, 0.1) is 4.92 Å². The van der Waals surface area contributed by atoms with Crippen LogP contribution in [0.1, 0.15) is 31.7 Å². The Kier molecular flexibility index (Phi) is 6.89. The predicted octanol–water partition coefficient (Wildman–Crippen LogP) is 3.52. The molecule has 0 fully saturated rings. The summed E-state index contributed by atoms with van der Waals surface area (Å²) in [6.45, 7) is 6.17. The maximum atomic E-state index is 10.8. The number of nitro groups is 1. The number of hydrogen-bond acceptors (Lipinski definition) is 4. The topological polar surface area (TPSA) is 64.4 Å². The zero-order valence-corrected chi connectivity index (χ0v) is 11.6. The van der Waals surface area contributed by atoms with E-state index in [0.717, 1.165) is 44.7 Å². The molecule has 0 amide bonds. The van der Waals surface area contributed by atoms with E-state index in [9.17, 15) is 10.1 Å². The Morgan fingerprint density at radius 3 is 2.74 bits per heavy atom. The van der Waals surface area contributed by atoms with Crippen molar-refractivity contribution in [3.8, 4) is 0 Å². The quantitative estimate of drug-likeness (QED) is 0.422. The molecule has 0 aliphatic heterocycles. The lowest BCUT2D eigenvalue weighted by Gasteiger charge is -2.07. The highest BCUT2D eigenvalue weighted by Gasteiger charge is 2.10. The summed E-state index contributed by atoms with van der Waals surface area (Å²) in [5.41, 5.74) is 1.62. The van der Waals surface area contributed by atoms with Crippen molar-refractivity contribution in [2.45, 2.75) is 33.1 Å². The van der Waals surface area contributed by atoms with Gasteiger partial charge in [-0.3, -0.25) is 10.1 Å². The summed E-state index contributed by atoms with van der Waals surface area (Å²) in [5.74, 6) is 0. The summed E-state index contributed by atoms with van der Waals surface area (Å²) >= 11 is 0. The largest absolute Gasteiger partial charge is 0.385 e. The molecule has 0 atom stereocenters. The fourth-order valence-electron chi connectivity index (χ4n) is 1.67. The van der Waals surface area contributed by atoms with Crippen LogP contribution in [0.4, 0.5) is 11.4 Å². The summed E-state index contributed by atoms with van der Waals surface area (Å²) in [6, 6.07) is 5.20. The first-order valence-electron chi connectivity index (χ1n) is 6.71. The van der Waals surface area contributed by atoms with Crippen LogP contribution >= 0.6 is 0 Å². The van der Waals surface area contributed by atoms with Gasteiger partial charge in [-0.15, -0.1) is 0 Å². The second-order valence-corrected chi connectivity index (χ2v) is 4.50. The zero-order chi connectivity index (χ0) is 14.1. The molecule has 0 saturated carbocycles. The molecule has 19 heavy (non-hydrogen) atoms. The van der Waals surface area contributed by atoms with E-state index < -0.39 is 0 Å². The lowest BCUT2D eigenvalue weighted by molar-refractivity contribution is -0.385. The molecule has 0 radical (unpaired) electrons. The molecule has 0 unspecified atom stereocenters. The van der Waals surface area contributed by atoms with E-state index in [0.29, 0.717) is 5.56 Å². The summed E-state index contributed by atoms with van der Waals surface area (Å²) in [6.07, 6.45) is 3.13. The summed E-state index contributed by atoms with van der Waals surface area (Å²) in [4.78, 5) is 10.5. The van der Waals surface area contributed by atoms with E-state index in [-0.39, 0.29) is 10.6 Å². The first-order valence-corrected chi connectivity index (χ1v) is 6.71. The van der Waals surface area contributed by atoms with Crippen LogP contribution in [-0.4, -0.2) is 24.7 Å². The summed E-state index contributed by atoms with van der Waals surface area (Å²) < 4.78 is 5.44. The smallest absolute Gasteiger partial charge is 0.274 e. The Balaban J connectivity index is 2.30. The van der Waals surface area contributed by atoms with Gasteiger partial charge in [0.2, 0.25) is 0 Å². The first kappa shape index (κ1) is 15.4. The van der Waals surface area contributed by atoms with Crippen LogP contribution in [0, 0.1) is 17.0 Å². The van der Waals surface area contributed by atoms with E-state index in [1.165, 1.54) is 0 Å². The first-order chi connectivity index (χ1) is 9.15. The third-order valence-electron chi connectivity index (χ3n) is 2.84. The predicted molar refractivity (Wildman–Crippen MR) is 76.7 cm³/mol. The fraction of sp³-hybridized carbons (Fsp3) is 0.571. The standard InChI is InChI=1S/C14H22N2O3/c1-3-4-9-19-10-5-8-15-13-7-6-12(2)14(11-13)16(17)18/h6-7,11,15H,3-5,8-10H2,1-2H3. The van der Waals surface area contributed by atoms with Gasteiger partial charge in [0.1, 0.15) is 0 Å². The Labute approximate surface area is 114 Å². The van der Waals surface area contributed by atoms with E-state index in [2.05, 4.69) is 12.2 Å². The molecule has 0 aromatic heterocycles. The lowest BCUT2D eigenvalue weighted by Crippen LogP contribution is -2.06. The second-order valence-electron chi connectivity index (χ2n) is 4.50. The van der Waals surface area contributed by atoms with Crippen LogP contribution in [0.25, 0.3) is 0 Å². The third-order valence-corrected chi connectivity index (χ3v) is 2.84. The summed E-state index contributed by atoms with van der Waals surface area (Å²) in [7, 11) is 0. The van der Waals surface area contributed by atoms with Gasteiger partial charge in [-0.2, -0.15) is 0 Å². The molecule has 1 aromatic carbocycles. The average Bonchev–Trinajstić information content (AvgIpc) is 2.39. The van der Waals surface area contributed by atoms with Crippen LogP contribution in [0.5, 0.6) is 0 Å². The van der Waals surface area contributed by atoms with Gasteiger partial charge in [0.25, 0.3) is 5.69 Å². The number of aryl methyl sites for hydroxylation is 1. The van der Waals surface area contributed by atoms with E-state index in [1.807, 2.05) is 6.07 Å².